The fraction of sp³-hybridized carbons (Fsp3) is 0.783. The maximum absolute atomic E-state index is 11.1. The first-order valence-electron chi connectivity index (χ1n) is 11.5. The van der Waals surface area contributed by atoms with E-state index in [0.717, 1.165) is 12.8 Å². The van der Waals surface area contributed by atoms with Crippen LogP contribution in [0.3, 0.4) is 0 Å². The molecule has 0 atom stereocenters. The molecular formula is C23H42NO6+. The quantitative estimate of drug-likeness (QED) is 0.139. The minimum Gasteiger partial charge on any atom is -0.477 e. The molecule has 7 nitrogen and oxygen atoms in total. The third kappa shape index (κ3) is 17.0. The van der Waals surface area contributed by atoms with Crippen LogP contribution in [0.4, 0.5) is 0 Å². The number of nitrogens with zero attached hydrogens (tertiary/aromatic N) is 1. The molecule has 0 spiro atoms. The molecule has 0 aliphatic rings. The van der Waals surface area contributed by atoms with Crippen molar-refractivity contribution in [2.75, 3.05) is 26.2 Å². The third-order valence-corrected chi connectivity index (χ3v) is 5.31. The van der Waals surface area contributed by atoms with Crippen molar-refractivity contribution in [1.29, 1.82) is 0 Å². The van der Waals surface area contributed by atoms with Crippen LogP contribution < -0.4 is 0 Å². The van der Waals surface area contributed by atoms with Crippen LogP contribution in [-0.4, -0.2) is 63.9 Å². The van der Waals surface area contributed by atoms with Crippen molar-refractivity contribution >= 4 is 17.9 Å². The normalized spacial score (nSPS) is 11.8. The Morgan fingerprint density at radius 3 is 1.37 bits per heavy atom. The Kier molecular flexibility index (Phi) is 16.8. The van der Waals surface area contributed by atoms with Gasteiger partial charge in [0.2, 0.25) is 0 Å². The van der Waals surface area contributed by atoms with Gasteiger partial charge >= 0.3 is 17.9 Å². The Bertz CT molecular complexity index is 477. The van der Waals surface area contributed by atoms with E-state index >= 15 is 0 Å². The number of hydrogen-bond acceptors (Lipinski definition) is 3. The number of allylic oxidation sites excluding steroid dienone is 2. The minimum absolute atomic E-state index is 0.216. The molecule has 0 aromatic rings. The van der Waals surface area contributed by atoms with E-state index < -0.39 is 42.0 Å². The van der Waals surface area contributed by atoms with Gasteiger partial charge in [-0.2, -0.15) is 0 Å². The molecule has 0 saturated heterocycles. The van der Waals surface area contributed by atoms with Gasteiger partial charge in [0, 0.05) is 6.42 Å². The van der Waals surface area contributed by atoms with Crippen molar-refractivity contribution < 1.29 is 34.2 Å². The molecule has 0 amide bonds. The van der Waals surface area contributed by atoms with E-state index in [9.17, 15) is 14.4 Å². The van der Waals surface area contributed by atoms with Crippen LogP contribution in [0.15, 0.2) is 12.2 Å². The first-order valence-corrected chi connectivity index (χ1v) is 11.5. The highest BCUT2D eigenvalue weighted by atomic mass is 16.4. The predicted octanol–water partition coefficient (Wildman–Crippen LogP) is 4.70. The van der Waals surface area contributed by atoms with Gasteiger partial charge in [-0.3, -0.25) is 4.48 Å². The highest BCUT2D eigenvalue weighted by Gasteiger charge is 2.35. The Hall–Kier alpha value is -1.89. The van der Waals surface area contributed by atoms with Crippen LogP contribution in [0.5, 0.6) is 0 Å². The lowest BCUT2D eigenvalue weighted by atomic mass is 10.1. The standard InChI is InChI=1S/C23H41NO6/c1-2-3-4-5-6-7-8-9-10-11-12-13-14-15-16-17-24(18-21(25)26,19-22(27)28)20-23(29)30/h13-14H,2-12,15-20H2,1H3,(H2-,25,26,27,28,29,30)/p+1/b14-13+. The SMILES string of the molecule is CCCCCCCCCCCC/C=C/CCC[N+](CC(=O)O)(CC(=O)O)CC(=O)O. The Balaban J connectivity index is 4.01. The molecule has 7 heteroatoms. The van der Waals surface area contributed by atoms with E-state index in [0.29, 0.717) is 12.8 Å². The molecule has 0 rings (SSSR count). The van der Waals surface area contributed by atoms with Crippen LogP contribution in [0, 0.1) is 0 Å². The van der Waals surface area contributed by atoms with E-state index in [1.807, 2.05) is 6.08 Å². The number of unbranched alkanes of at least 4 members (excludes halogenated alkanes) is 11. The average Bonchev–Trinajstić information content (AvgIpc) is 2.63. The summed E-state index contributed by atoms with van der Waals surface area (Å²) in [6.45, 7) is 0.954. The third-order valence-electron chi connectivity index (χ3n) is 5.31. The smallest absolute Gasteiger partial charge is 0.359 e. The fourth-order valence-corrected chi connectivity index (χ4v) is 3.80. The number of aliphatic carboxylic acids is 3. The zero-order valence-electron chi connectivity index (χ0n) is 18.7. The number of carboxylic acids is 3. The molecule has 0 unspecified atom stereocenters. The van der Waals surface area contributed by atoms with E-state index in [-0.39, 0.29) is 6.54 Å². The zero-order valence-corrected chi connectivity index (χ0v) is 18.7. The molecular weight excluding hydrogens is 386 g/mol. The van der Waals surface area contributed by atoms with Crippen LogP contribution in [-0.2, 0) is 14.4 Å². The molecule has 0 heterocycles. The first-order chi connectivity index (χ1) is 14.3. The average molecular weight is 429 g/mol. The van der Waals surface area contributed by atoms with Crippen LogP contribution in [0.2, 0.25) is 0 Å². The number of carboxylic acid groups (broad SMARTS) is 3. The Morgan fingerprint density at radius 1 is 0.600 bits per heavy atom. The molecule has 0 aliphatic heterocycles. The van der Waals surface area contributed by atoms with Crippen molar-refractivity contribution in [1.82, 2.24) is 0 Å². The summed E-state index contributed by atoms with van der Waals surface area (Å²) in [7, 11) is 0. The van der Waals surface area contributed by atoms with Crippen LogP contribution >= 0.6 is 0 Å². The van der Waals surface area contributed by atoms with Gasteiger partial charge in [0.15, 0.2) is 19.6 Å². The summed E-state index contributed by atoms with van der Waals surface area (Å²) in [6, 6.07) is 0. The molecule has 0 fully saturated rings. The second-order valence-electron chi connectivity index (χ2n) is 8.31. The van der Waals surface area contributed by atoms with Gasteiger partial charge in [0.25, 0.3) is 0 Å². The highest BCUT2D eigenvalue weighted by Crippen LogP contribution is 2.13. The van der Waals surface area contributed by atoms with Gasteiger partial charge in [-0.05, 0) is 19.3 Å². The molecule has 3 N–H and O–H groups in total. The van der Waals surface area contributed by atoms with E-state index in [2.05, 4.69) is 13.0 Å². The summed E-state index contributed by atoms with van der Waals surface area (Å²) in [6.07, 6.45) is 19.4. The van der Waals surface area contributed by atoms with Crippen molar-refractivity contribution in [3.05, 3.63) is 12.2 Å². The van der Waals surface area contributed by atoms with Gasteiger partial charge in [-0.25, -0.2) is 14.4 Å². The first kappa shape index (κ1) is 28.1. The number of hydrogen-bond donors (Lipinski definition) is 3. The van der Waals surface area contributed by atoms with Gasteiger partial charge < -0.3 is 15.3 Å². The van der Waals surface area contributed by atoms with E-state index in [1.54, 1.807) is 0 Å². The predicted molar refractivity (Wildman–Crippen MR) is 117 cm³/mol. The Morgan fingerprint density at radius 2 is 0.967 bits per heavy atom. The molecule has 30 heavy (non-hydrogen) atoms. The highest BCUT2D eigenvalue weighted by molar-refractivity contribution is 5.73. The molecule has 0 bridgehead atoms. The monoisotopic (exact) mass is 428 g/mol. The van der Waals surface area contributed by atoms with Gasteiger partial charge in [-0.15, -0.1) is 0 Å². The lowest BCUT2D eigenvalue weighted by Gasteiger charge is -2.34. The number of rotatable bonds is 21. The fourth-order valence-electron chi connectivity index (χ4n) is 3.80. The summed E-state index contributed by atoms with van der Waals surface area (Å²) < 4.78 is -0.466. The van der Waals surface area contributed by atoms with Crippen molar-refractivity contribution in [3.63, 3.8) is 0 Å². The second-order valence-corrected chi connectivity index (χ2v) is 8.31. The molecule has 0 radical (unpaired) electrons. The molecule has 0 aliphatic carbocycles. The van der Waals surface area contributed by atoms with Crippen molar-refractivity contribution in [3.8, 4) is 0 Å². The number of carbonyl (C=O) groups is 3. The summed E-state index contributed by atoms with van der Waals surface area (Å²) in [5.74, 6) is -3.56. The summed E-state index contributed by atoms with van der Waals surface area (Å²) >= 11 is 0. The van der Waals surface area contributed by atoms with Crippen LogP contribution in [0.1, 0.15) is 90.4 Å². The maximum atomic E-state index is 11.1. The van der Waals surface area contributed by atoms with E-state index in [1.165, 1.54) is 57.8 Å². The zero-order chi connectivity index (χ0) is 22.7. The van der Waals surface area contributed by atoms with Gasteiger partial charge in [-0.1, -0.05) is 76.9 Å². The maximum Gasteiger partial charge on any atom is 0.359 e. The lowest BCUT2D eigenvalue weighted by Crippen LogP contribution is -2.57. The van der Waals surface area contributed by atoms with Crippen molar-refractivity contribution in [2.24, 2.45) is 0 Å². The lowest BCUT2D eigenvalue weighted by molar-refractivity contribution is -0.907. The molecule has 174 valence electrons. The topological polar surface area (TPSA) is 112 Å². The van der Waals surface area contributed by atoms with E-state index in [4.69, 9.17) is 15.3 Å². The number of quaternary nitrogens is 1. The minimum atomic E-state index is -1.19. The Labute approximate surface area is 181 Å². The van der Waals surface area contributed by atoms with Crippen LogP contribution in [0.25, 0.3) is 0 Å². The molecule has 0 aromatic heterocycles. The molecule has 0 saturated carbocycles. The molecule has 0 aromatic carbocycles. The largest absolute Gasteiger partial charge is 0.477 e. The van der Waals surface area contributed by atoms with Crippen molar-refractivity contribution in [2.45, 2.75) is 90.4 Å². The van der Waals surface area contributed by atoms with Gasteiger partial charge in [0.1, 0.15) is 0 Å². The summed E-state index contributed by atoms with van der Waals surface area (Å²) in [4.78, 5) is 33.4. The summed E-state index contributed by atoms with van der Waals surface area (Å²) in [5.41, 5.74) is 0. The second kappa shape index (κ2) is 17.9. The van der Waals surface area contributed by atoms with Gasteiger partial charge in [0.05, 0.1) is 6.54 Å². The summed E-state index contributed by atoms with van der Waals surface area (Å²) in [5, 5.41) is 27.3.